The molecule has 0 spiro atoms. The standard InChI is InChI=1S/C14H19N3O2S2/c1-3-13-10(2)20-14(16-13)17-21(18,19)9-12-6-4-5-11(7-12)8-15/h4-7H,3,8-9,15H2,1-2H3,(H,16,17). The highest BCUT2D eigenvalue weighted by atomic mass is 32.2. The molecule has 0 bridgehead atoms. The van der Waals surface area contributed by atoms with Crippen LogP contribution in [0, 0.1) is 6.92 Å². The number of nitrogens with zero attached hydrogens (tertiary/aromatic N) is 1. The zero-order valence-electron chi connectivity index (χ0n) is 12.1. The highest BCUT2D eigenvalue weighted by molar-refractivity contribution is 7.92. The molecule has 5 nitrogen and oxygen atoms in total. The third kappa shape index (κ3) is 4.26. The minimum atomic E-state index is -3.47. The molecule has 2 aromatic rings. The fourth-order valence-electron chi connectivity index (χ4n) is 2.03. The summed E-state index contributed by atoms with van der Waals surface area (Å²) in [4.78, 5) is 5.34. The van der Waals surface area contributed by atoms with Gasteiger partial charge in [-0.3, -0.25) is 4.72 Å². The van der Waals surface area contributed by atoms with E-state index in [-0.39, 0.29) is 5.75 Å². The molecule has 0 saturated heterocycles. The Kier molecular flexibility index (Phi) is 4.97. The van der Waals surface area contributed by atoms with Gasteiger partial charge in [-0.2, -0.15) is 0 Å². The number of hydrogen-bond donors (Lipinski definition) is 2. The van der Waals surface area contributed by atoms with Crippen molar-refractivity contribution in [2.45, 2.75) is 32.6 Å². The van der Waals surface area contributed by atoms with E-state index in [9.17, 15) is 8.42 Å². The molecule has 0 aliphatic carbocycles. The first-order chi connectivity index (χ1) is 9.93. The highest BCUT2D eigenvalue weighted by Gasteiger charge is 2.15. The Morgan fingerprint density at radius 1 is 1.33 bits per heavy atom. The lowest BCUT2D eigenvalue weighted by Gasteiger charge is -2.06. The van der Waals surface area contributed by atoms with Gasteiger partial charge in [0.05, 0.1) is 11.4 Å². The van der Waals surface area contributed by atoms with E-state index in [1.165, 1.54) is 11.3 Å². The smallest absolute Gasteiger partial charge is 0.238 e. The van der Waals surface area contributed by atoms with Crippen molar-refractivity contribution in [3.8, 4) is 0 Å². The maximum atomic E-state index is 12.2. The van der Waals surface area contributed by atoms with Crippen LogP contribution in [-0.4, -0.2) is 13.4 Å². The minimum absolute atomic E-state index is 0.0824. The second kappa shape index (κ2) is 6.55. The van der Waals surface area contributed by atoms with E-state index in [0.717, 1.165) is 28.1 Å². The zero-order valence-corrected chi connectivity index (χ0v) is 13.7. The molecule has 0 fully saturated rings. The van der Waals surface area contributed by atoms with E-state index >= 15 is 0 Å². The van der Waals surface area contributed by atoms with Crippen molar-refractivity contribution in [1.29, 1.82) is 0 Å². The Balaban J connectivity index is 2.14. The second-order valence-corrected chi connectivity index (χ2v) is 7.69. The molecule has 0 saturated carbocycles. The number of nitrogens with one attached hydrogen (secondary N) is 1. The molecule has 0 unspecified atom stereocenters. The van der Waals surface area contributed by atoms with Gasteiger partial charge in [0.1, 0.15) is 0 Å². The van der Waals surface area contributed by atoms with Gasteiger partial charge < -0.3 is 5.73 Å². The maximum Gasteiger partial charge on any atom is 0.238 e. The van der Waals surface area contributed by atoms with Crippen LogP contribution in [0.1, 0.15) is 28.6 Å². The van der Waals surface area contributed by atoms with Crippen LogP contribution in [0.5, 0.6) is 0 Å². The fraction of sp³-hybridized carbons (Fsp3) is 0.357. The van der Waals surface area contributed by atoms with Crippen LogP contribution in [0.25, 0.3) is 0 Å². The van der Waals surface area contributed by atoms with Crippen LogP contribution >= 0.6 is 11.3 Å². The number of aromatic nitrogens is 1. The average molecular weight is 325 g/mol. The van der Waals surface area contributed by atoms with Crippen molar-refractivity contribution < 1.29 is 8.42 Å². The number of anilines is 1. The number of nitrogens with two attached hydrogens (primary N) is 1. The maximum absolute atomic E-state index is 12.2. The Morgan fingerprint density at radius 3 is 2.67 bits per heavy atom. The third-order valence-corrected chi connectivity index (χ3v) is 5.33. The summed E-state index contributed by atoms with van der Waals surface area (Å²) >= 11 is 1.36. The van der Waals surface area contributed by atoms with E-state index < -0.39 is 10.0 Å². The lowest BCUT2D eigenvalue weighted by molar-refractivity contribution is 0.600. The normalized spacial score (nSPS) is 11.6. The largest absolute Gasteiger partial charge is 0.326 e. The Hall–Kier alpha value is -1.44. The van der Waals surface area contributed by atoms with Crippen molar-refractivity contribution in [2.75, 3.05) is 4.72 Å². The third-order valence-electron chi connectivity index (χ3n) is 3.05. The van der Waals surface area contributed by atoms with Gasteiger partial charge >= 0.3 is 0 Å². The van der Waals surface area contributed by atoms with Gasteiger partial charge in [-0.15, -0.1) is 11.3 Å². The monoisotopic (exact) mass is 325 g/mol. The SMILES string of the molecule is CCc1nc(NS(=O)(=O)Cc2cccc(CN)c2)sc1C. The van der Waals surface area contributed by atoms with E-state index in [1.54, 1.807) is 6.07 Å². The fourth-order valence-corrected chi connectivity index (χ4v) is 4.34. The van der Waals surface area contributed by atoms with Gasteiger partial charge in [0.15, 0.2) is 5.13 Å². The lowest BCUT2D eigenvalue weighted by Crippen LogP contribution is -2.15. The first-order valence-corrected chi connectivity index (χ1v) is 9.15. The Bertz CT molecular complexity index is 724. The van der Waals surface area contributed by atoms with Crippen LogP contribution < -0.4 is 10.5 Å². The summed E-state index contributed by atoms with van der Waals surface area (Å²) in [5.41, 5.74) is 8.14. The molecule has 3 N–H and O–H groups in total. The van der Waals surface area contributed by atoms with E-state index in [1.807, 2.05) is 32.0 Å². The molecule has 1 heterocycles. The molecular weight excluding hydrogens is 306 g/mol. The summed E-state index contributed by atoms with van der Waals surface area (Å²) < 4.78 is 27.0. The number of sulfonamides is 1. The van der Waals surface area contributed by atoms with Gasteiger partial charge in [-0.1, -0.05) is 31.2 Å². The van der Waals surface area contributed by atoms with Gasteiger partial charge in [0, 0.05) is 11.4 Å². The van der Waals surface area contributed by atoms with Crippen molar-refractivity contribution in [3.05, 3.63) is 46.0 Å². The van der Waals surface area contributed by atoms with E-state index in [2.05, 4.69) is 9.71 Å². The molecule has 1 aromatic heterocycles. The number of benzene rings is 1. The summed E-state index contributed by atoms with van der Waals surface area (Å²) in [6.45, 7) is 4.34. The summed E-state index contributed by atoms with van der Waals surface area (Å²) in [5, 5.41) is 0.430. The second-order valence-electron chi connectivity index (χ2n) is 4.76. The van der Waals surface area contributed by atoms with Crippen LogP contribution in [-0.2, 0) is 28.7 Å². The topological polar surface area (TPSA) is 85.1 Å². The Labute approximate surface area is 129 Å². The number of thiazole rings is 1. The first kappa shape index (κ1) is 15.9. The molecule has 2 rings (SSSR count). The van der Waals surface area contributed by atoms with Crippen LogP contribution in [0.15, 0.2) is 24.3 Å². The van der Waals surface area contributed by atoms with E-state index in [4.69, 9.17) is 5.73 Å². The number of aryl methyl sites for hydroxylation is 2. The van der Waals surface area contributed by atoms with E-state index in [0.29, 0.717) is 11.7 Å². The highest BCUT2D eigenvalue weighted by Crippen LogP contribution is 2.24. The molecule has 0 aliphatic heterocycles. The molecule has 0 amide bonds. The average Bonchev–Trinajstić information content (AvgIpc) is 2.77. The first-order valence-electron chi connectivity index (χ1n) is 6.68. The zero-order chi connectivity index (χ0) is 15.5. The van der Waals surface area contributed by atoms with Gasteiger partial charge in [0.2, 0.25) is 10.0 Å². The predicted molar refractivity (Wildman–Crippen MR) is 86.8 cm³/mol. The molecule has 114 valence electrons. The molecule has 0 aliphatic rings. The molecule has 21 heavy (non-hydrogen) atoms. The summed E-state index contributed by atoms with van der Waals surface area (Å²) in [5.74, 6) is -0.0824. The molecule has 0 radical (unpaired) electrons. The molecule has 0 atom stereocenters. The minimum Gasteiger partial charge on any atom is -0.326 e. The summed E-state index contributed by atoms with van der Waals surface area (Å²) in [6, 6.07) is 7.28. The summed E-state index contributed by atoms with van der Waals surface area (Å²) in [6.07, 6.45) is 0.794. The lowest BCUT2D eigenvalue weighted by atomic mass is 10.1. The summed E-state index contributed by atoms with van der Waals surface area (Å²) in [7, 11) is -3.47. The molecule has 7 heteroatoms. The van der Waals surface area contributed by atoms with Crippen molar-refractivity contribution in [2.24, 2.45) is 5.73 Å². The van der Waals surface area contributed by atoms with Crippen LogP contribution in [0.3, 0.4) is 0 Å². The molecule has 1 aromatic carbocycles. The quantitative estimate of drug-likeness (QED) is 0.854. The van der Waals surface area contributed by atoms with Gasteiger partial charge in [0.25, 0.3) is 0 Å². The van der Waals surface area contributed by atoms with Gasteiger partial charge in [-0.05, 0) is 24.5 Å². The van der Waals surface area contributed by atoms with Gasteiger partial charge in [-0.25, -0.2) is 13.4 Å². The van der Waals surface area contributed by atoms with Crippen molar-refractivity contribution in [3.63, 3.8) is 0 Å². The van der Waals surface area contributed by atoms with Crippen molar-refractivity contribution >= 4 is 26.5 Å². The molecular formula is C14H19N3O2S2. The number of rotatable bonds is 6. The van der Waals surface area contributed by atoms with Crippen LogP contribution in [0.4, 0.5) is 5.13 Å². The Morgan fingerprint density at radius 2 is 2.05 bits per heavy atom. The number of hydrogen-bond acceptors (Lipinski definition) is 5. The van der Waals surface area contributed by atoms with Crippen molar-refractivity contribution in [1.82, 2.24) is 4.98 Å². The predicted octanol–water partition coefficient (Wildman–Crippen LogP) is 2.41. The van der Waals surface area contributed by atoms with Crippen LogP contribution in [0.2, 0.25) is 0 Å².